The van der Waals surface area contributed by atoms with Crippen molar-refractivity contribution in [3.8, 4) is 28.3 Å². The number of benzene rings is 2. The lowest BCUT2D eigenvalue weighted by molar-refractivity contribution is 0.0730. The van der Waals surface area contributed by atoms with E-state index in [1.807, 2.05) is 6.92 Å². The molecule has 2 heterocycles. The molecule has 7 nitrogen and oxygen atoms in total. The number of phenols is 1. The first-order valence-corrected chi connectivity index (χ1v) is 10.7. The van der Waals surface area contributed by atoms with Crippen LogP contribution in [0.3, 0.4) is 0 Å². The highest BCUT2D eigenvalue weighted by Crippen LogP contribution is 2.28. The number of nitrogens with zero attached hydrogens (tertiary/aromatic N) is 3. The first-order valence-electron chi connectivity index (χ1n) is 9.25. The van der Waals surface area contributed by atoms with Crippen LogP contribution in [0.5, 0.6) is 5.75 Å². The van der Waals surface area contributed by atoms with E-state index in [0.29, 0.717) is 43.3 Å². The quantitative estimate of drug-likeness (QED) is 0.710. The molecule has 0 unspecified atom stereocenters. The summed E-state index contributed by atoms with van der Waals surface area (Å²) in [4.78, 5) is 9.18. The molecule has 1 aromatic heterocycles. The minimum absolute atomic E-state index is 0.176. The normalized spacial score (nSPS) is 15.3. The molecule has 1 saturated heterocycles. The Hall–Kier alpha value is -2.81. The number of sulfonamides is 1. The first kappa shape index (κ1) is 19.5. The lowest BCUT2D eigenvalue weighted by atomic mass is 10.1. The van der Waals surface area contributed by atoms with Crippen molar-refractivity contribution in [3.05, 3.63) is 60.4 Å². The summed E-state index contributed by atoms with van der Waals surface area (Å²) in [5.41, 5.74) is 3.66. The van der Waals surface area contributed by atoms with E-state index in [-0.39, 0.29) is 10.6 Å². The van der Waals surface area contributed by atoms with Gasteiger partial charge in [-0.3, -0.25) is 4.98 Å². The van der Waals surface area contributed by atoms with Gasteiger partial charge in [0, 0.05) is 24.2 Å². The molecular formula is C21H21N3O4S. The summed E-state index contributed by atoms with van der Waals surface area (Å²) in [6.45, 7) is 3.41. The molecule has 2 aromatic carbocycles. The second-order valence-corrected chi connectivity index (χ2v) is 8.77. The highest BCUT2D eigenvalue weighted by Gasteiger charge is 2.27. The Labute approximate surface area is 169 Å². The molecular weight excluding hydrogens is 390 g/mol. The number of rotatable bonds is 4. The van der Waals surface area contributed by atoms with Gasteiger partial charge in [0.05, 0.1) is 41.9 Å². The number of ether oxygens (including phenoxy) is 1. The smallest absolute Gasteiger partial charge is 0.243 e. The third-order valence-electron chi connectivity index (χ3n) is 4.89. The van der Waals surface area contributed by atoms with E-state index in [0.717, 1.165) is 11.1 Å². The van der Waals surface area contributed by atoms with Crippen LogP contribution >= 0.6 is 0 Å². The summed E-state index contributed by atoms with van der Waals surface area (Å²) in [6.07, 6.45) is 3.26. The van der Waals surface area contributed by atoms with Gasteiger partial charge in [0.15, 0.2) is 0 Å². The molecule has 150 valence electrons. The van der Waals surface area contributed by atoms with Crippen molar-refractivity contribution >= 4 is 10.0 Å². The Kier molecular flexibility index (Phi) is 5.31. The second kappa shape index (κ2) is 7.90. The van der Waals surface area contributed by atoms with Crippen LogP contribution < -0.4 is 0 Å². The Balaban J connectivity index is 1.73. The molecule has 0 atom stereocenters. The number of hydrogen-bond donors (Lipinski definition) is 1. The molecule has 0 radical (unpaired) electrons. The predicted octanol–water partition coefficient (Wildman–Crippen LogP) is 2.85. The van der Waals surface area contributed by atoms with E-state index in [1.165, 1.54) is 4.31 Å². The molecule has 0 saturated carbocycles. The fourth-order valence-electron chi connectivity index (χ4n) is 3.24. The SMILES string of the molecule is Cc1ccc(S(=O)(=O)N2CCOCC2)cc1-c1cncc(-c2ccc(O)cc2)n1. The molecule has 1 aliphatic rings. The topological polar surface area (TPSA) is 92.6 Å². The maximum Gasteiger partial charge on any atom is 0.243 e. The zero-order valence-electron chi connectivity index (χ0n) is 15.9. The van der Waals surface area contributed by atoms with Gasteiger partial charge < -0.3 is 9.84 Å². The maximum atomic E-state index is 13.0. The van der Waals surface area contributed by atoms with Gasteiger partial charge >= 0.3 is 0 Å². The van der Waals surface area contributed by atoms with Crippen molar-refractivity contribution in [3.63, 3.8) is 0 Å². The lowest BCUT2D eigenvalue weighted by Gasteiger charge is -2.26. The number of hydrogen-bond acceptors (Lipinski definition) is 6. The minimum atomic E-state index is -3.60. The third kappa shape index (κ3) is 4.00. The van der Waals surface area contributed by atoms with Crippen LogP contribution in [-0.4, -0.2) is 54.1 Å². The molecule has 1 fully saturated rings. The summed E-state index contributed by atoms with van der Waals surface area (Å²) >= 11 is 0. The summed E-state index contributed by atoms with van der Waals surface area (Å²) in [7, 11) is -3.60. The molecule has 4 rings (SSSR count). The van der Waals surface area contributed by atoms with Crippen molar-refractivity contribution in [2.45, 2.75) is 11.8 Å². The molecule has 0 aliphatic carbocycles. The highest BCUT2D eigenvalue weighted by molar-refractivity contribution is 7.89. The van der Waals surface area contributed by atoms with Crippen LogP contribution in [0, 0.1) is 6.92 Å². The summed E-state index contributed by atoms with van der Waals surface area (Å²) in [6, 6.07) is 11.8. The summed E-state index contributed by atoms with van der Waals surface area (Å²) in [5, 5.41) is 9.48. The monoisotopic (exact) mass is 411 g/mol. The Bertz CT molecular complexity index is 1120. The van der Waals surface area contributed by atoms with E-state index in [4.69, 9.17) is 4.74 Å². The molecule has 0 spiro atoms. The number of aromatic hydroxyl groups is 1. The fourth-order valence-corrected chi connectivity index (χ4v) is 4.68. The minimum Gasteiger partial charge on any atom is -0.508 e. The second-order valence-electron chi connectivity index (χ2n) is 6.83. The van der Waals surface area contributed by atoms with Crippen molar-refractivity contribution in [2.75, 3.05) is 26.3 Å². The van der Waals surface area contributed by atoms with E-state index in [1.54, 1.807) is 54.9 Å². The van der Waals surface area contributed by atoms with E-state index >= 15 is 0 Å². The van der Waals surface area contributed by atoms with Gasteiger partial charge in [0.1, 0.15) is 5.75 Å². The summed E-state index contributed by atoms with van der Waals surface area (Å²) in [5.74, 6) is 0.176. The Morgan fingerprint density at radius 3 is 2.41 bits per heavy atom. The summed E-state index contributed by atoms with van der Waals surface area (Å²) < 4.78 is 32.7. The Morgan fingerprint density at radius 2 is 1.69 bits per heavy atom. The Morgan fingerprint density at radius 1 is 1.00 bits per heavy atom. The zero-order chi connectivity index (χ0) is 20.4. The van der Waals surface area contributed by atoms with Crippen LogP contribution in [0.25, 0.3) is 22.5 Å². The van der Waals surface area contributed by atoms with Crippen molar-refractivity contribution in [2.24, 2.45) is 0 Å². The molecule has 8 heteroatoms. The van der Waals surface area contributed by atoms with E-state index in [9.17, 15) is 13.5 Å². The van der Waals surface area contributed by atoms with Gasteiger partial charge in [-0.15, -0.1) is 0 Å². The van der Waals surface area contributed by atoms with E-state index in [2.05, 4.69) is 9.97 Å². The molecule has 1 aliphatic heterocycles. The van der Waals surface area contributed by atoms with Gasteiger partial charge in [-0.25, -0.2) is 13.4 Å². The van der Waals surface area contributed by atoms with Crippen molar-refractivity contribution < 1.29 is 18.3 Å². The third-order valence-corrected chi connectivity index (χ3v) is 6.79. The molecule has 29 heavy (non-hydrogen) atoms. The standard InChI is InChI=1S/C21H21N3O4S/c1-15-2-7-18(29(26,27)24-8-10-28-11-9-24)12-19(15)21-14-22-13-20(23-21)16-3-5-17(25)6-4-16/h2-7,12-14,25H,8-11H2,1H3. The zero-order valence-corrected chi connectivity index (χ0v) is 16.8. The van der Waals surface area contributed by atoms with Crippen LogP contribution in [0.2, 0.25) is 0 Å². The van der Waals surface area contributed by atoms with Crippen LogP contribution in [0.15, 0.2) is 59.8 Å². The van der Waals surface area contributed by atoms with Crippen molar-refractivity contribution in [1.82, 2.24) is 14.3 Å². The van der Waals surface area contributed by atoms with Crippen LogP contribution in [0.4, 0.5) is 0 Å². The van der Waals surface area contributed by atoms with Crippen LogP contribution in [0.1, 0.15) is 5.56 Å². The number of phenolic OH excluding ortho intramolecular Hbond substituents is 1. The number of aryl methyl sites for hydroxylation is 1. The van der Waals surface area contributed by atoms with Crippen LogP contribution in [-0.2, 0) is 14.8 Å². The van der Waals surface area contributed by atoms with Gasteiger partial charge in [0.25, 0.3) is 0 Å². The maximum absolute atomic E-state index is 13.0. The lowest BCUT2D eigenvalue weighted by Crippen LogP contribution is -2.40. The number of morpholine rings is 1. The average molecular weight is 411 g/mol. The molecule has 1 N–H and O–H groups in total. The molecule has 3 aromatic rings. The van der Waals surface area contributed by atoms with Gasteiger partial charge in [-0.05, 0) is 48.9 Å². The van der Waals surface area contributed by atoms with E-state index < -0.39 is 10.0 Å². The number of aromatic nitrogens is 2. The predicted molar refractivity (Wildman–Crippen MR) is 109 cm³/mol. The average Bonchev–Trinajstić information content (AvgIpc) is 2.75. The van der Waals surface area contributed by atoms with Gasteiger partial charge in [-0.1, -0.05) is 6.07 Å². The fraction of sp³-hybridized carbons (Fsp3) is 0.238. The van der Waals surface area contributed by atoms with Gasteiger partial charge in [0.2, 0.25) is 10.0 Å². The molecule has 0 bridgehead atoms. The molecule has 0 amide bonds. The first-order chi connectivity index (χ1) is 13.9. The van der Waals surface area contributed by atoms with Crippen molar-refractivity contribution in [1.29, 1.82) is 0 Å². The largest absolute Gasteiger partial charge is 0.508 e. The highest BCUT2D eigenvalue weighted by atomic mass is 32.2. The van der Waals surface area contributed by atoms with Gasteiger partial charge in [-0.2, -0.15) is 4.31 Å².